The zero-order chi connectivity index (χ0) is 32.7. The van der Waals surface area contributed by atoms with Crippen molar-refractivity contribution in [1.29, 1.82) is 0 Å². The number of carbonyl (C=O) groups is 1. The Hall–Kier alpha value is -3.76. The summed E-state index contributed by atoms with van der Waals surface area (Å²) in [6, 6.07) is 34.3. The third-order valence-corrected chi connectivity index (χ3v) is 15.8. The molecule has 0 saturated carbocycles. The predicted octanol–water partition coefficient (Wildman–Crippen LogP) is 14.8. The molecule has 48 heavy (non-hydrogen) atoms. The van der Waals surface area contributed by atoms with Crippen molar-refractivity contribution >= 4 is 104 Å². The van der Waals surface area contributed by atoms with E-state index in [1.807, 2.05) is 64.3 Å². The number of fused-ring (bicyclic) bond motifs is 3. The molecule has 0 N–H and O–H groups in total. The van der Waals surface area contributed by atoms with Crippen LogP contribution in [0.5, 0.6) is 0 Å². The number of ketones is 1. The maximum Gasteiger partial charge on any atom is 0.172 e. The lowest BCUT2D eigenvalue weighted by molar-refractivity contribution is 0.101. The van der Waals surface area contributed by atoms with Crippen LogP contribution in [0.2, 0.25) is 0 Å². The summed E-state index contributed by atoms with van der Waals surface area (Å²) in [4.78, 5) is 22.1. The Labute approximate surface area is 300 Å². The van der Waals surface area contributed by atoms with Crippen LogP contribution in [-0.4, -0.2) is 5.78 Å². The normalized spacial score (nSPS) is 11.8. The van der Waals surface area contributed by atoms with Crippen LogP contribution < -0.4 is 0 Å². The number of Topliss-reactive ketones (excluding diaryl/α,β-unsaturated/α-hetero) is 1. The fourth-order valence-electron chi connectivity index (χ4n) is 6.41. The number of rotatable bonds is 6. The first kappa shape index (κ1) is 30.3. The second-order valence-electron chi connectivity index (χ2n) is 11.8. The highest BCUT2D eigenvalue weighted by Gasteiger charge is 2.28. The summed E-state index contributed by atoms with van der Waals surface area (Å²) in [5, 5.41) is 3.05. The molecule has 9 aromatic rings. The molecule has 0 unspecified atom stereocenters. The SMILES string of the molecule is CC(=O)c1sc2c(-c3cc4c(-c5ccc(C)s5)c5sc(-c6ccccc6)cc5c(-c5ccc(C)s5)c4s3)sc(-c3ccccc3)c2c1F. The van der Waals surface area contributed by atoms with Crippen molar-refractivity contribution in [3.05, 3.63) is 118 Å². The standard InChI is InChI=1S/C40H25FOS6/c1-20-14-16-27(43-20)31-25-18-29(23-10-6-4-7-11-23)45-37(25)32(28-17-15-21(2)44-28)26-19-30(46-38(26)31)39-40-33(34(41)35(47-40)22(3)42)36(48-39)24-12-8-5-9-13-24/h4-19H,1-3H3. The molecule has 0 aliphatic rings. The summed E-state index contributed by atoms with van der Waals surface area (Å²) in [5.41, 5.74) is 4.72. The van der Waals surface area contributed by atoms with E-state index in [-0.39, 0.29) is 10.7 Å². The fourth-order valence-corrected chi connectivity index (χ4v) is 13.6. The first-order valence-electron chi connectivity index (χ1n) is 15.4. The van der Waals surface area contributed by atoms with Gasteiger partial charge in [-0.2, -0.15) is 0 Å². The number of hydrogen-bond donors (Lipinski definition) is 0. The van der Waals surface area contributed by atoms with E-state index >= 15 is 4.39 Å². The van der Waals surface area contributed by atoms with E-state index in [2.05, 4.69) is 80.6 Å². The van der Waals surface area contributed by atoms with Gasteiger partial charge in [0.2, 0.25) is 0 Å². The lowest BCUT2D eigenvalue weighted by atomic mass is 9.99. The van der Waals surface area contributed by atoms with Crippen LogP contribution in [0.25, 0.3) is 81.8 Å². The average Bonchev–Trinajstić information content (AvgIpc) is 3.94. The number of hydrogen-bond acceptors (Lipinski definition) is 7. The molecule has 0 amide bonds. The zero-order valence-electron chi connectivity index (χ0n) is 26.0. The van der Waals surface area contributed by atoms with Gasteiger partial charge in [-0.05, 0) is 61.4 Å². The van der Waals surface area contributed by atoms with Gasteiger partial charge in [0.1, 0.15) is 4.88 Å². The van der Waals surface area contributed by atoms with Gasteiger partial charge in [0.15, 0.2) is 11.6 Å². The van der Waals surface area contributed by atoms with E-state index in [9.17, 15) is 4.79 Å². The van der Waals surface area contributed by atoms with Crippen LogP contribution in [-0.2, 0) is 0 Å². The number of carbonyl (C=O) groups excluding carboxylic acids is 1. The van der Waals surface area contributed by atoms with Crippen LogP contribution in [0.1, 0.15) is 26.3 Å². The van der Waals surface area contributed by atoms with Crippen molar-refractivity contribution < 1.29 is 9.18 Å². The van der Waals surface area contributed by atoms with E-state index in [0.717, 1.165) is 24.9 Å². The molecule has 0 radical (unpaired) electrons. The van der Waals surface area contributed by atoms with E-state index < -0.39 is 5.82 Å². The summed E-state index contributed by atoms with van der Waals surface area (Å²) in [6.45, 7) is 5.79. The lowest BCUT2D eigenvalue weighted by Crippen LogP contribution is -1.90. The number of aryl methyl sites for hydroxylation is 2. The quantitative estimate of drug-likeness (QED) is 0.156. The molecule has 0 bridgehead atoms. The Balaban J connectivity index is 1.40. The Morgan fingerprint density at radius 1 is 0.542 bits per heavy atom. The van der Waals surface area contributed by atoms with Crippen molar-refractivity contribution in [2.75, 3.05) is 0 Å². The van der Waals surface area contributed by atoms with Crippen molar-refractivity contribution in [2.45, 2.75) is 20.8 Å². The van der Waals surface area contributed by atoms with Crippen LogP contribution in [0.3, 0.4) is 0 Å². The average molecular weight is 733 g/mol. The van der Waals surface area contributed by atoms with Crippen molar-refractivity contribution in [3.8, 4) is 51.5 Å². The Kier molecular flexibility index (Phi) is 7.38. The molecule has 234 valence electrons. The number of benzene rings is 3. The van der Waals surface area contributed by atoms with Crippen molar-refractivity contribution in [1.82, 2.24) is 0 Å². The summed E-state index contributed by atoms with van der Waals surface area (Å²) in [7, 11) is 0. The summed E-state index contributed by atoms with van der Waals surface area (Å²) < 4.78 is 19.4. The smallest absolute Gasteiger partial charge is 0.172 e. The molecule has 0 fully saturated rings. The summed E-state index contributed by atoms with van der Waals surface area (Å²) >= 11 is 10.2. The second-order valence-corrected chi connectivity index (χ2v) is 18.5. The van der Waals surface area contributed by atoms with Crippen LogP contribution in [0, 0.1) is 19.7 Å². The highest BCUT2D eigenvalue weighted by Crippen LogP contribution is 2.56. The molecule has 8 heteroatoms. The van der Waals surface area contributed by atoms with Gasteiger partial charge in [-0.15, -0.1) is 68.0 Å². The minimum atomic E-state index is -0.400. The minimum Gasteiger partial charge on any atom is -0.293 e. The topological polar surface area (TPSA) is 17.1 Å². The lowest BCUT2D eigenvalue weighted by Gasteiger charge is -2.09. The molecule has 1 nitrogen and oxygen atoms in total. The maximum atomic E-state index is 16.1. The van der Waals surface area contributed by atoms with Crippen LogP contribution in [0.4, 0.5) is 4.39 Å². The van der Waals surface area contributed by atoms with Gasteiger partial charge in [0, 0.05) is 77.7 Å². The highest BCUT2D eigenvalue weighted by atomic mass is 32.1. The van der Waals surface area contributed by atoms with Gasteiger partial charge >= 0.3 is 0 Å². The predicted molar refractivity (Wildman–Crippen MR) is 213 cm³/mol. The van der Waals surface area contributed by atoms with E-state index in [1.54, 1.807) is 22.7 Å². The third-order valence-electron chi connectivity index (χ3n) is 8.56. The van der Waals surface area contributed by atoms with Gasteiger partial charge in [-0.1, -0.05) is 60.7 Å². The molecule has 6 aromatic heterocycles. The molecule has 6 heterocycles. The third kappa shape index (κ3) is 4.81. The van der Waals surface area contributed by atoms with Crippen LogP contribution >= 0.6 is 68.0 Å². The first-order valence-corrected chi connectivity index (χ1v) is 20.3. The molecule has 9 rings (SSSR count). The molecule has 0 spiro atoms. The molecule has 0 aliphatic carbocycles. The second kappa shape index (κ2) is 11.7. The monoisotopic (exact) mass is 732 g/mol. The first-order chi connectivity index (χ1) is 23.4. The Morgan fingerprint density at radius 3 is 1.62 bits per heavy atom. The number of halogens is 1. The van der Waals surface area contributed by atoms with Gasteiger partial charge in [0.25, 0.3) is 0 Å². The van der Waals surface area contributed by atoms with E-state index in [0.29, 0.717) is 5.39 Å². The van der Waals surface area contributed by atoms with Gasteiger partial charge in [-0.3, -0.25) is 4.79 Å². The molecule has 0 atom stereocenters. The highest BCUT2D eigenvalue weighted by molar-refractivity contribution is 7.33. The Morgan fingerprint density at radius 2 is 1.08 bits per heavy atom. The van der Waals surface area contributed by atoms with Crippen molar-refractivity contribution in [3.63, 3.8) is 0 Å². The largest absolute Gasteiger partial charge is 0.293 e. The van der Waals surface area contributed by atoms with Gasteiger partial charge < -0.3 is 0 Å². The fraction of sp³-hybridized carbons (Fsp3) is 0.0750. The van der Waals surface area contributed by atoms with Gasteiger partial charge in [0.05, 0.1) is 9.58 Å². The van der Waals surface area contributed by atoms with Gasteiger partial charge in [-0.25, -0.2) is 4.39 Å². The maximum absolute atomic E-state index is 16.1. The Bertz CT molecular complexity index is 2580. The summed E-state index contributed by atoms with van der Waals surface area (Å²) in [5.74, 6) is -0.636. The molecular weight excluding hydrogens is 708 g/mol. The number of thiophene rings is 6. The van der Waals surface area contributed by atoms with E-state index in [4.69, 9.17) is 0 Å². The molecule has 0 saturated heterocycles. The van der Waals surface area contributed by atoms with E-state index in [1.165, 1.54) is 79.5 Å². The van der Waals surface area contributed by atoms with Crippen molar-refractivity contribution in [2.24, 2.45) is 0 Å². The van der Waals surface area contributed by atoms with Crippen LogP contribution in [0.15, 0.2) is 97.1 Å². The minimum absolute atomic E-state index is 0.200. The summed E-state index contributed by atoms with van der Waals surface area (Å²) in [6.07, 6.45) is 0. The molecule has 0 aliphatic heterocycles. The molecule has 3 aromatic carbocycles. The zero-order valence-corrected chi connectivity index (χ0v) is 30.9. The molecular formula is C40H25FOS6.